The highest BCUT2D eigenvalue weighted by molar-refractivity contribution is 5.76. The predicted molar refractivity (Wildman–Crippen MR) is 89.2 cm³/mol. The van der Waals surface area contributed by atoms with Gasteiger partial charge in [0, 0.05) is 6.04 Å². The van der Waals surface area contributed by atoms with Crippen molar-refractivity contribution in [2.24, 2.45) is 17.8 Å². The Morgan fingerprint density at radius 3 is 2.75 bits per heavy atom. The lowest BCUT2D eigenvalue weighted by Crippen LogP contribution is -2.43. The van der Waals surface area contributed by atoms with Crippen LogP contribution in [0.3, 0.4) is 0 Å². The summed E-state index contributed by atoms with van der Waals surface area (Å²) < 4.78 is 1.10. The highest BCUT2D eigenvalue weighted by Gasteiger charge is 2.42. The molecule has 1 aromatic heterocycles. The standard InChI is InChI=1S/C18H24N4O2/c1-10-11(2)21-22(18(24)16(10)8-19)9-17(23)20-12(3)15-7-13-4-5-14(15)6-13/h12-15H,4-7,9H2,1-3H3,(H,20,23)/t12-,13-,14-,15-/m0/s1. The molecule has 0 saturated heterocycles. The number of nitriles is 1. The molecule has 1 aromatic rings. The number of fused-ring (bicyclic) bond motifs is 2. The molecule has 128 valence electrons. The van der Waals surface area contributed by atoms with Crippen LogP contribution in [0.15, 0.2) is 4.79 Å². The van der Waals surface area contributed by atoms with Crippen molar-refractivity contribution in [2.75, 3.05) is 0 Å². The Bertz CT molecular complexity index is 762. The highest BCUT2D eigenvalue weighted by atomic mass is 16.2. The lowest BCUT2D eigenvalue weighted by atomic mass is 9.84. The Balaban J connectivity index is 1.68. The van der Waals surface area contributed by atoms with Crippen molar-refractivity contribution in [3.8, 4) is 6.07 Å². The second kappa shape index (κ2) is 6.39. The van der Waals surface area contributed by atoms with E-state index in [9.17, 15) is 9.59 Å². The SMILES string of the molecule is Cc1nn(CC(=O)N[C@@H](C)[C@@H]2C[C@H]3CC[C@H]2C3)c(=O)c(C#N)c1C. The summed E-state index contributed by atoms with van der Waals surface area (Å²) in [6.45, 7) is 5.35. The number of hydrogen-bond donors (Lipinski definition) is 1. The molecule has 0 unspecified atom stereocenters. The van der Waals surface area contributed by atoms with Crippen molar-refractivity contribution in [3.63, 3.8) is 0 Å². The number of hydrogen-bond acceptors (Lipinski definition) is 4. The van der Waals surface area contributed by atoms with Crippen LogP contribution in [0.25, 0.3) is 0 Å². The molecule has 24 heavy (non-hydrogen) atoms. The summed E-state index contributed by atoms with van der Waals surface area (Å²) in [7, 11) is 0. The smallest absolute Gasteiger partial charge is 0.285 e. The van der Waals surface area contributed by atoms with Gasteiger partial charge < -0.3 is 5.32 Å². The number of carbonyl (C=O) groups excluding carboxylic acids is 1. The van der Waals surface area contributed by atoms with Crippen molar-refractivity contribution >= 4 is 5.91 Å². The van der Waals surface area contributed by atoms with E-state index in [1.807, 2.05) is 6.07 Å². The van der Waals surface area contributed by atoms with Gasteiger partial charge in [0.1, 0.15) is 18.2 Å². The minimum Gasteiger partial charge on any atom is -0.352 e. The molecule has 0 radical (unpaired) electrons. The minimum atomic E-state index is -0.497. The van der Waals surface area contributed by atoms with E-state index in [0.29, 0.717) is 17.2 Å². The number of carbonyl (C=O) groups is 1. The molecule has 0 aromatic carbocycles. The lowest BCUT2D eigenvalue weighted by Gasteiger charge is -2.28. The van der Waals surface area contributed by atoms with Gasteiger partial charge in [-0.3, -0.25) is 9.59 Å². The molecule has 0 aliphatic heterocycles. The molecule has 2 aliphatic rings. The van der Waals surface area contributed by atoms with E-state index in [0.717, 1.165) is 16.5 Å². The van der Waals surface area contributed by atoms with Crippen molar-refractivity contribution in [1.29, 1.82) is 5.26 Å². The Kier molecular flexibility index (Phi) is 4.44. The van der Waals surface area contributed by atoms with Crippen LogP contribution in [0.1, 0.15) is 49.4 Å². The monoisotopic (exact) mass is 328 g/mol. The van der Waals surface area contributed by atoms with Crippen molar-refractivity contribution in [1.82, 2.24) is 15.1 Å². The first-order valence-electron chi connectivity index (χ1n) is 8.68. The van der Waals surface area contributed by atoms with Crippen molar-refractivity contribution in [3.05, 3.63) is 27.2 Å². The molecule has 3 rings (SSSR count). The summed E-state index contributed by atoms with van der Waals surface area (Å²) in [4.78, 5) is 24.6. The average Bonchev–Trinajstić information content (AvgIpc) is 3.16. The van der Waals surface area contributed by atoms with Crippen LogP contribution in [-0.4, -0.2) is 21.7 Å². The summed E-state index contributed by atoms with van der Waals surface area (Å²) >= 11 is 0. The first-order valence-corrected chi connectivity index (χ1v) is 8.68. The molecule has 0 spiro atoms. The zero-order valence-corrected chi connectivity index (χ0v) is 14.5. The predicted octanol–water partition coefficient (Wildman–Crippen LogP) is 1.67. The van der Waals surface area contributed by atoms with Gasteiger partial charge in [-0.1, -0.05) is 6.42 Å². The molecular formula is C18H24N4O2. The van der Waals surface area contributed by atoms with Crippen molar-refractivity contribution < 1.29 is 4.79 Å². The van der Waals surface area contributed by atoms with Gasteiger partial charge in [-0.25, -0.2) is 4.68 Å². The van der Waals surface area contributed by atoms with E-state index in [1.165, 1.54) is 25.7 Å². The van der Waals surface area contributed by atoms with Gasteiger partial charge >= 0.3 is 0 Å². The van der Waals surface area contributed by atoms with E-state index >= 15 is 0 Å². The number of aromatic nitrogens is 2. The van der Waals surface area contributed by atoms with Gasteiger partial charge in [-0.2, -0.15) is 10.4 Å². The van der Waals surface area contributed by atoms with E-state index < -0.39 is 5.56 Å². The van der Waals surface area contributed by atoms with Crippen LogP contribution in [0.2, 0.25) is 0 Å². The average molecular weight is 328 g/mol. The third-order valence-corrected chi connectivity index (χ3v) is 5.87. The summed E-state index contributed by atoms with van der Waals surface area (Å²) in [5.74, 6) is 1.90. The minimum absolute atomic E-state index is 0.0662. The summed E-state index contributed by atoms with van der Waals surface area (Å²) in [5, 5.41) is 16.3. The highest BCUT2D eigenvalue weighted by Crippen LogP contribution is 2.49. The molecule has 6 nitrogen and oxygen atoms in total. The van der Waals surface area contributed by atoms with E-state index in [4.69, 9.17) is 5.26 Å². The van der Waals surface area contributed by atoms with Crippen LogP contribution in [0.4, 0.5) is 0 Å². The first-order chi connectivity index (χ1) is 11.4. The van der Waals surface area contributed by atoms with Crippen LogP contribution < -0.4 is 10.9 Å². The summed E-state index contributed by atoms with van der Waals surface area (Å²) in [6, 6.07) is 2.03. The maximum atomic E-state index is 12.3. The first kappa shape index (κ1) is 16.7. The van der Waals surface area contributed by atoms with E-state index in [-0.39, 0.29) is 24.1 Å². The van der Waals surface area contributed by atoms with Gasteiger partial charge in [0.25, 0.3) is 5.56 Å². The zero-order chi connectivity index (χ0) is 17.4. The molecular weight excluding hydrogens is 304 g/mol. The number of aryl methyl sites for hydroxylation is 1. The second-order valence-electron chi connectivity index (χ2n) is 7.35. The Morgan fingerprint density at radius 2 is 2.17 bits per heavy atom. The summed E-state index contributed by atoms with van der Waals surface area (Å²) in [5.41, 5.74) is 0.745. The molecule has 2 saturated carbocycles. The van der Waals surface area contributed by atoms with Crippen molar-refractivity contribution in [2.45, 2.75) is 59.0 Å². The van der Waals surface area contributed by atoms with Gasteiger partial charge in [0.15, 0.2) is 0 Å². The van der Waals surface area contributed by atoms with E-state index in [1.54, 1.807) is 13.8 Å². The summed E-state index contributed by atoms with van der Waals surface area (Å²) in [6.07, 6.45) is 5.11. The molecule has 2 aliphatic carbocycles. The molecule has 6 heteroatoms. The maximum absolute atomic E-state index is 12.3. The zero-order valence-electron chi connectivity index (χ0n) is 14.5. The van der Waals surface area contributed by atoms with Gasteiger partial charge in [0.2, 0.25) is 5.91 Å². The topological polar surface area (TPSA) is 87.8 Å². The van der Waals surface area contributed by atoms with Gasteiger partial charge in [-0.15, -0.1) is 0 Å². The fraction of sp³-hybridized carbons (Fsp3) is 0.667. The third kappa shape index (κ3) is 2.95. The number of rotatable bonds is 4. The second-order valence-corrected chi connectivity index (χ2v) is 7.35. The molecule has 1 amide bonds. The van der Waals surface area contributed by atoms with Crippen LogP contribution in [-0.2, 0) is 11.3 Å². The van der Waals surface area contributed by atoms with Crippen LogP contribution in [0, 0.1) is 42.9 Å². The fourth-order valence-corrected chi connectivity index (χ4v) is 4.46. The third-order valence-electron chi connectivity index (χ3n) is 5.87. The Hall–Kier alpha value is -2.16. The lowest BCUT2D eigenvalue weighted by molar-refractivity contribution is -0.123. The number of amides is 1. The Morgan fingerprint density at radius 1 is 1.42 bits per heavy atom. The number of nitrogens with one attached hydrogen (secondary N) is 1. The fourth-order valence-electron chi connectivity index (χ4n) is 4.46. The quantitative estimate of drug-likeness (QED) is 0.911. The van der Waals surface area contributed by atoms with Gasteiger partial charge in [-0.05, 0) is 63.4 Å². The maximum Gasteiger partial charge on any atom is 0.285 e. The van der Waals surface area contributed by atoms with Gasteiger partial charge in [0.05, 0.1) is 5.69 Å². The normalized spacial score (nSPS) is 26.2. The molecule has 1 N–H and O–H groups in total. The van der Waals surface area contributed by atoms with E-state index in [2.05, 4.69) is 17.3 Å². The van der Waals surface area contributed by atoms with Crippen LogP contribution >= 0.6 is 0 Å². The molecule has 1 heterocycles. The molecule has 2 fully saturated rings. The van der Waals surface area contributed by atoms with Crippen LogP contribution in [0.5, 0.6) is 0 Å². The number of nitrogens with zero attached hydrogens (tertiary/aromatic N) is 3. The Labute approximate surface area is 141 Å². The molecule has 4 atom stereocenters. The molecule has 2 bridgehead atoms. The largest absolute Gasteiger partial charge is 0.352 e.